The van der Waals surface area contributed by atoms with Crippen molar-refractivity contribution in [1.29, 1.82) is 0 Å². The Hall–Kier alpha value is -1.48. The zero-order valence-corrected chi connectivity index (χ0v) is 9.64. The zero-order valence-electron chi connectivity index (χ0n) is 8.88. The average Bonchev–Trinajstić information content (AvgIpc) is 2.63. The van der Waals surface area contributed by atoms with Crippen molar-refractivity contribution in [2.75, 3.05) is 5.32 Å². The van der Waals surface area contributed by atoms with Gasteiger partial charge in [0, 0.05) is 34.8 Å². The van der Waals surface area contributed by atoms with Crippen LogP contribution in [0.5, 0.6) is 0 Å². The molecule has 0 unspecified atom stereocenters. The zero-order chi connectivity index (χ0) is 11.1. The average molecular weight is 235 g/mol. The number of fused-ring (bicyclic) bond motifs is 2. The van der Waals surface area contributed by atoms with Crippen molar-refractivity contribution in [3.8, 4) is 0 Å². The summed E-state index contributed by atoms with van der Waals surface area (Å²) in [5.74, 6) is 0.902. The van der Waals surface area contributed by atoms with Crippen molar-refractivity contribution < 1.29 is 4.52 Å². The largest absolute Gasteiger partial charge is 0.380 e. The minimum atomic E-state index is 0.707. The van der Waals surface area contributed by atoms with Gasteiger partial charge in [0.15, 0.2) is 0 Å². The Balaban J connectivity index is 2.17. The minimum Gasteiger partial charge on any atom is -0.380 e. The molecule has 1 N–H and O–H groups in total. The molecule has 0 atom stereocenters. The van der Waals surface area contributed by atoms with Crippen LogP contribution in [0.25, 0.3) is 0 Å². The van der Waals surface area contributed by atoms with Crippen LogP contribution in [0.4, 0.5) is 5.69 Å². The number of aryl methyl sites for hydroxylation is 1. The maximum absolute atomic E-state index is 6.22. The van der Waals surface area contributed by atoms with Gasteiger partial charge in [0.2, 0.25) is 0 Å². The Kier molecular flexibility index (Phi) is 2.14. The van der Waals surface area contributed by atoms with Crippen molar-refractivity contribution in [3.63, 3.8) is 0 Å². The Morgan fingerprint density at radius 1 is 1.44 bits per heavy atom. The number of rotatable bonds is 0. The van der Waals surface area contributed by atoms with E-state index in [4.69, 9.17) is 16.1 Å². The normalized spacial score (nSPS) is 13.6. The molecule has 0 amide bonds. The minimum absolute atomic E-state index is 0.707. The highest BCUT2D eigenvalue weighted by Gasteiger charge is 2.19. The fourth-order valence-electron chi connectivity index (χ4n) is 2.08. The quantitative estimate of drug-likeness (QED) is 0.761. The van der Waals surface area contributed by atoms with E-state index in [-0.39, 0.29) is 0 Å². The molecule has 1 aromatic heterocycles. The fourth-order valence-corrected chi connectivity index (χ4v) is 2.30. The van der Waals surface area contributed by atoms with Crippen LogP contribution in [0.1, 0.15) is 22.5 Å². The predicted octanol–water partition coefficient (Wildman–Crippen LogP) is 3.15. The van der Waals surface area contributed by atoms with E-state index >= 15 is 0 Å². The second kappa shape index (κ2) is 3.52. The van der Waals surface area contributed by atoms with E-state index in [1.54, 1.807) is 6.20 Å². The second-order valence-electron chi connectivity index (χ2n) is 4.02. The molecule has 82 valence electrons. The number of nitrogens with one attached hydrogen (secondary N) is 1. The molecule has 2 aromatic rings. The van der Waals surface area contributed by atoms with Crippen molar-refractivity contribution in [1.82, 2.24) is 5.16 Å². The topological polar surface area (TPSA) is 38.1 Å². The van der Waals surface area contributed by atoms with Crippen molar-refractivity contribution in [2.24, 2.45) is 0 Å². The molecule has 0 spiro atoms. The van der Waals surface area contributed by atoms with Gasteiger partial charge in [0.25, 0.3) is 0 Å². The highest BCUT2D eigenvalue weighted by atomic mass is 35.5. The van der Waals surface area contributed by atoms with Crippen LogP contribution in [0, 0.1) is 6.92 Å². The summed E-state index contributed by atoms with van der Waals surface area (Å²) >= 11 is 6.22. The number of anilines is 1. The second-order valence-corrected chi connectivity index (χ2v) is 4.43. The van der Waals surface area contributed by atoms with Gasteiger partial charge in [-0.15, -0.1) is 0 Å². The molecule has 1 aliphatic rings. The Labute approximate surface area is 98.4 Å². The maximum atomic E-state index is 6.22. The standard InChI is InChI=1S/C12H11ClN2O/c1-7-2-3-10(13)9-4-11-8(6-15-16-11)5-14-12(7)9/h2-3,6,14H,4-5H2,1H3. The van der Waals surface area contributed by atoms with Gasteiger partial charge in [-0.05, 0) is 18.6 Å². The third-order valence-corrected chi connectivity index (χ3v) is 3.34. The van der Waals surface area contributed by atoms with Gasteiger partial charge >= 0.3 is 0 Å². The van der Waals surface area contributed by atoms with E-state index < -0.39 is 0 Å². The molecule has 0 saturated heterocycles. The van der Waals surface area contributed by atoms with Crippen LogP contribution >= 0.6 is 11.6 Å². The van der Waals surface area contributed by atoms with Crippen LogP contribution < -0.4 is 5.32 Å². The molecule has 4 heteroatoms. The number of hydrogen-bond donors (Lipinski definition) is 1. The van der Waals surface area contributed by atoms with Crippen molar-refractivity contribution in [2.45, 2.75) is 19.9 Å². The van der Waals surface area contributed by atoms with E-state index in [2.05, 4.69) is 17.4 Å². The van der Waals surface area contributed by atoms with Gasteiger partial charge in [-0.3, -0.25) is 0 Å². The van der Waals surface area contributed by atoms with E-state index in [1.165, 1.54) is 5.56 Å². The van der Waals surface area contributed by atoms with Gasteiger partial charge in [0.1, 0.15) is 5.76 Å². The number of hydrogen-bond acceptors (Lipinski definition) is 3. The lowest BCUT2D eigenvalue weighted by atomic mass is 10.0. The third kappa shape index (κ3) is 1.39. The lowest BCUT2D eigenvalue weighted by molar-refractivity contribution is 0.388. The SMILES string of the molecule is Cc1ccc(Cl)c2c1NCc1cnoc1C2. The summed E-state index contributed by atoms with van der Waals surface area (Å²) in [6.07, 6.45) is 2.47. The first kappa shape index (κ1) is 9.73. The summed E-state index contributed by atoms with van der Waals surface area (Å²) in [6.45, 7) is 2.82. The molecule has 3 nitrogen and oxygen atoms in total. The first-order valence-electron chi connectivity index (χ1n) is 5.20. The van der Waals surface area contributed by atoms with Gasteiger partial charge < -0.3 is 9.84 Å². The Bertz CT molecular complexity index is 548. The highest BCUT2D eigenvalue weighted by molar-refractivity contribution is 6.31. The molecule has 3 rings (SSSR count). The van der Waals surface area contributed by atoms with Crippen LogP contribution in [0.15, 0.2) is 22.9 Å². The molecule has 0 bridgehead atoms. The maximum Gasteiger partial charge on any atom is 0.146 e. The number of nitrogens with zero attached hydrogens (tertiary/aromatic N) is 1. The number of aromatic nitrogens is 1. The summed E-state index contributed by atoms with van der Waals surface area (Å²) in [5.41, 5.74) is 4.53. The first-order valence-corrected chi connectivity index (χ1v) is 5.58. The van der Waals surface area contributed by atoms with Crippen LogP contribution in [-0.2, 0) is 13.0 Å². The van der Waals surface area contributed by atoms with Gasteiger partial charge in [-0.25, -0.2) is 0 Å². The monoisotopic (exact) mass is 234 g/mol. The molecule has 16 heavy (non-hydrogen) atoms. The van der Waals surface area contributed by atoms with E-state index in [0.717, 1.165) is 34.1 Å². The lowest BCUT2D eigenvalue weighted by Gasteiger charge is -2.12. The molecular formula is C12H11ClN2O. The summed E-state index contributed by atoms with van der Waals surface area (Å²) in [4.78, 5) is 0. The molecule has 0 saturated carbocycles. The Morgan fingerprint density at radius 3 is 3.19 bits per heavy atom. The third-order valence-electron chi connectivity index (χ3n) is 2.99. The molecule has 1 aliphatic heterocycles. The summed E-state index contributed by atoms with van der Waals surface area (Å²) < 4.78 is 5.24. The first-order chi connectivity index (χ1) is 7.75. The van der Waals surface area contributed by atoms with Crippen molar-refractivity contribution in [3.05, 3.63) is 45.8 Å². The predicted molar refractivity (Wildman–Crippen MR) is 62.8 cm³/mol. The summed E-state index contributed by atoms with van der Waals surface area (Å²) in [6, 6.07) is 3.96. The smallest absolute Gasteiger partial charge is 0.146 e. The van der Waals surface area contributed by atoms with E-state index in [1.807, 2.05) is 12.1 Å². The van der Waals surface area contributed by atoms with E-state index in [9.17, 15) is 0 Å². The van der Waals surface area contributed by atoms with Crippen LogP contribution in [0.2, 0.25) is 5.02 Å². The summed E-state index contributed by atoms with van der Waals surface area (Å²) in [5, 5.41) is 7.98. The van der Waals surface area contributed by atoms with E-state index in [0.29, 0.717) is 6.42 Å². The van der Waals surface area contributed by atoms with Crippen molar-refractivity contribution >= 4 is 17.3 Å². The Morgan fingerprint density at radius 2 is 2.31 bits per heavy atom. The molecule has 0 radical (unpaired) electrons. The number of halogens is 1. The van der Waals surface area contributed by atoms with Gasteiger partial charge in [0.05, 0.1) is 6.20 Å². The molecular weight excluding hydrogens is 224 g/mol. The molecule has 2 heterocycles. The van der Waals surface area contributed by atoms with Gasteiger partial charge in [-0.2, -0.15) is 0 Å². The molecule has 0 aliphatic carbocycles. The van der Waals surface area contributed by atoms with Crippen LogP contribution in [0.3, 0.4) is 0 Å². The molecule has 1 aromatic carbocycles. The lowest BCUT2D eigenvalue weighted by Crippen LogP contribution is -2.00. The number of benzene rings is 1. The molecule has 0 fully saturated rings. The fraction of sp³-hybridized carbons (Fsp3) is 0.250. The van der Waals surface area contributed by atoms with Gasteiger partial charge in [-0.1, -0.05) is 22.8 Å². The van der Waals surface area contributed by atoms with Crippen LogP contribution in [-0.4, -0.2) is 5.16 Å². The highest BCUT2D eigenvalue weighted by Crippen LogP contribution is 2.33. The summed E-state index contributed by atoms with van der Waals surface area (Å²) in [7, 11) is 0.